The molecule has 14 nitrogen and oxygen atoms in total. The van der Waals surface area contributed by atoms with E-state index in [0.717, 1.165) is 31.3 Å². The Balaban J connectivity index is 1.45. The van der Waals surface area contributed by atoms with Crippen LogP contribution in [0.2, 0.25) is 0 Å². The summed E-state index contributed by atoms with van der Waals surface area (Å²) in [5.41, 5.74) is 1.18. The molecule has 1 aromatic rings. The first-order chi connectivity index (χ1) is 34.8. The normalized spacial score (nSPS) is 37.2. The minimum absolute atomic E-state index is 0.0474. The fourth-order valence-electron chi connectivity index (χ4n) is 11.2. The molecule has 15 atom stereocenters. The molecule has 2 saturated heterocycles. The van der Waals surface area contributed by atoms with Crippen molar-refractivity contribution in [3.63, 3.8) is 0 Å². The van der Waals surface area contributed by atoms with E-state index in [0.29, 0.717) is 70.2 Å². The summed E-state index contributed by atoms with van der Waals surface area (Å²) in [4.78, 5) is 72.4. The van der Waals surface area contributed by atoms with Gasteiger partial charge in [-0.25, -0.2) is 4.79 Å². The first kappa shape index (κ1) is 59.4. The number of ether oxygens (including phenoxy) is 4. The number of piperidine rings is 1. The lowest BCUT2D eigenvalue weighted by molar-refractivity contribution is -0.264. The van der Waals surface area contributed by atoms with Gasteiger partial charge in [0.15, 0.2) is 5.78 Å². The summed E-state index contributed by atoms with van der Waals surface area (Å²) in [6, 6.07) is 2.50. The predicted molar refractivity (Wildman–Crippen MR) is 277 cm³/mol. The van der Waals surface area contributed by atoms with Crippen molar-refractivity contribution in [2.24, 2.45) is 35.5 Å². The Morgan fingerprint density at radius 3 is 2.38 bits per heavy atom. The van der Waals surface area contributed by atoms with Crippen LogP contribution in [0.3, 0.4) is 0 Å². The van der Waals surface area contributed by atoms with Crippen molar-refractivity contribution in [2.75, 3.05) is 20.3 Å². The summed E-state index contributed by atoms with van der Waals surface area (Å²) >= 11 is 0. The average molecular weight is 1020 g/mol. The lowest BCUT2D eigenvalue weighted by Crippen LogP contribution is -2.60. The van der Waals surface area contributed by atoms with Crippen LogP contribution in [-0.4, -0.2) is 118 Å². The van der Waals surface area contributed by atoms with Gasteiger partial charge in [-0.2, -0.15) is 0 Å². The number of aliphatic hydroxyl groups excluding tert-OH is 2. The monoisotopic (exact) mass is 1020 g/mol. The van der Waals surface area contributed by atoms with Gasteiger partial charge in [0, 0.05) is 56.8 Å². The van der Waals surface area contributed by atoms with E-state index in [9.17, 15) is 39.3 Å². The molecule has 404 valence electrons. The summed E-state index contributed by atoms with van der Waals surface area (Å²) in [6.07, 6.45) is 21.1. The first-order valence-corrected chi connectivity index (χ1v) is 27.0. The number of methoxy groups -OCH3 is 1. The van der Waals surface area contributed by atoms with Gasteiger partial charge < -0.3 is 43.6 Å². The van der Waals surface area contributed by atoms with E-state index in [4.69, 9.17) is 29.8 Å². The second-order valence-corrected chi connectivity index (χ2v) is 21.7. The number of ketones is 3. The average Bonchev–Trinajstić information content (AvgIpc) is 3.92. The van der Waals surface area contributed by atoms with Gasteiger partial charge in [0.2, 0.25) is 5.79 Å². The molecule has 1 saturated carbocycles. The number of rotatable bonds is 10. The number of allylic oxidation sites excluding steroid dienone is 7. The predicted octanol–water partition coefficient (Wildman–Crippen LogP) is 8.72. The van der Waals surface area contributed by atoms with Crippen LogP contribution in [-0.2, 0) is 42.9 Å². The number of amides is 1. The first-order valence-electron chi connectivity index (χ1n) is 27.0. The molecule has 4 heterocycles. The van der Waals surface area contributed by atoms with Gasteiger partial charge in [0.05, 0.1) is 24.6 Å². The number of terminal acetylenes is 1. The lowest BCUT2D eigenvalue weighted by Gasteiger charge is -2.42. The van der Waals surface area contributed by atoms with Crippen molar-refractivity contribution in [2.45, 2.75) is 199 Å². The molecular weight excluding hydrogens is 931 g/mol. The van der Waals surface area contributed by atoms with Crippen LogP contribution in [0.25, 0.3) is 0 Å². The highest BCUT2D eigenvalue weighted by Gasteiger charge is 2.53. The highest BCUT2D eigenvalue weighted by Crippen LogP contribution is 2.40. The van der Waals surface area contributed by atoms with Crippen molar-refractivity contribution >= 4 is 29.2 Å². The van der Waals surface area contributed by atoms with Gasteiger partial charge in [-0.15, -0.1) is 12.3 Å². The van der Waals surface area contributed by atoms with Crippen molar-refractivity contribution in [3.8, 4) is 12.3 Å². The minimum atomic E-state index is -2.46. The van der Waals surface area contributed by atoms with Crippen LogP contribution in [0.1, 0.15) is 156 Å². The lowest BCUT2D eigenvalue weighted by atomic mass is 9.78. The second-order valence-electron chi connectivity index (χ2n) is 21.7. The maximum Gasteiger partial charge on any atom is 0.329 e. The number of furan rings is 1. The fourth-order valence-corrected chi connectivity index (χ4v) is 11.2. The van der Waals surface area contributed by atoms with Gasteiger partial charge in [0.1, 0.15) is 35.9 Å². The number of carbonyl (C=O) groups is 5. The molecule has 5 rings (SSSR count). The summed E-state index contributed by atoms with van der Waals surface area (Å²) in [6.45, 7) is 13.2. The Bertz CT molecular complexity index is 2150. The number of nitrogens with zero attached hydrogens (tertiary/aromatic N) is 1. The van der Waals surface area contributed by atoms with Crippen LogP contribution in [0.5, 0.6) is 0 Å². The Kier molecular flexibility index (Phi) is 23.1. The number of unbranched alkanes of at least 4 members (excludes halogenated alkanes) is 2. The Labute approximate surface area is 434 Å². The van der Waals surface area contributed by atoms with Gasteiger partial charge in [-0.1, -0.05) is 76.6 Å². The van der Waals surface area contributed by atoms with Crippen molar-refractivity contribution in [3.05, 3.63) is 71.8 Å². The molecule has 73 heavy (non-hydrogen) atoms. The molecule has 1 amide bonds. The molecule has 0 aromatic carbocycles. The topological polar surface area (TPSA) is 199 Å². The van der Waals surface area contributed by atoms with E-state index in [1.54, 1.807) is 47.1 Å². The maximum absolute atomic E-state index is 14.6. The highest BCUT2D eigenvalue weighted by atomic mass is 16.6. The maximum atomic E-state index is 14.6. The molecule has 1 aromatic heterocycles. The molecule has 1 aliphatic carbocycles. The third-order valence-electron chi connectivity index (χ3n) is 15.9. The van der Waals surface area contributed by atoms with E-state index in [2.05, 4.69) is 5.92 Å². The zero-order valence-electron chi connectivity index (χ0n) is 44.7. The van der Waals surface area contributed by atoms with Crippen LogP contribution >= 0.6 is 0 Å². The third kappa shape index (κ3) is 16.3. The van der Waals surface area contributed by atoms with Crippen molar-refractivity contribution in [1.29, 1.82) is 0 Å². The van der Waals surface area contributed by atoms with Gasteiger partial charge >= 0.3 is 5.97 Å². The number of cyclic esters (lactones) is 1. The van der Waals surface area contributed by atoms with Gasteiger partial charge in [-0.05, 0) is 133 Å². The number of hydrogen-bond donors (Lipinski definition) is 3. The quantitative estimate of drug-likeness (QED) is 0.0662. The molecule has 3 N–H and O–H groups in total. The number of carbonyl (C=O) groups excluding carboxylic acids is 5. The Morgan fingerprint density at radius 2 is 1.67 bits per heavy atom. The second kappa shape index (κ2) is 28.4. The van der Waals surface area contributed by atoms with Crippen LogP contribution in [0, 0.1) is 47.9 Å². The van der Waals surface area contributed by atoms with E-state index < -0.39 is 77.4 Å². The van der Waals surface area contributed by atoms with Crippen LogP contribution in [0.4, 0.5) is 0 Å². The van der Waals surface area contributed by atoms with Gasteiger partial charge in [-0.3, -0.25) is 19.2 Å². The third-order valence-corrected chi connectivity index (χ3v) is 15.9. The summed E-state index contributed by atoms with van der Waals surface area (Å²) in [5, 5.41) is 34.5. The van der Waals surface area contributed by atoms with Crippen LogP contribution in [0.15, 0.2) is 70.4 Å². The Hall–Kier alpha value is -4.49. The minimum Gasteiger partial charge on any atom is -0.469 e. The van der Waals surface area contributed by atoms with E-state index in [1.807, 2.05) is 57.2 Å². The molecule has 14 heteroatoms. The zero-order valence-corrected chi connectivity index (χ0v) is 44.7. The molecule has 3 fully saturated rings. The zero-order chi connectivity index (χ0) is 53.4. The van der Waals surface area contributed by atoms with Crippen molar-refractivity contribution in [1.82, 2.24) is 4.90 Å². The summed E-state index contributed by atoms with van der Waals surface area (Å²) in [7, 11) is 1.67. The smallest absolute Gasteiger partial charge is 0.329 e. The van der Waals surface area contributed by atoms with E-state index in [1.165, 1.54) is 11.0 Å². The largest absolute Gasteiger partial charge is 0.469 e. The Morgan fingerprint density at radius 1 is 0.904 bits per heavy atom. The molecule has 2 bridgehead atoms. The number of esters is 1. The van der Waals surface area contributed by atoms with Crippen molar-refractivity contribution < 1.29 is 62.7 Å². The van der Waals surface area contributed by atoms with Crippen LogP contribution < -0.4 is 0 Å². The molecule has 4 aliphatic rings. The molecule has 1 unspecified atom stereocenters. The number of aliphatic hydroxyl groups is 3. The summed E-state index contributed by atoms with van der Waals surface area (Å²) < 4.78 is 30.7. The molecular formula is C59H85NO13. The van der Waals surface area contributed by atoms with E-state index in [-0.39, 0.29) is 66.6 Å². The number of Topliss-reactive ketones (excluding diaryl/α,β-unsaturated/α-hetero) is 3. The molecule has 0 radical (unpaired) electrons. The highest BCUT2D eigenvalue weighted by molar-refractivity contribution is 6.39. The van der Waals surface area contributed by atoms with E-state index >= 15 is 0 Å². The fraction of sp³-hybridized carbons (Fsp3) is 0.678. The molecule has 0 spiro atoms. The summed E-state index contributed by atoms with van der Waals surface area (Å²) in [5.74, 6) is -5.49. The SMILES string of the molecule is C#CCCCCO[C@@H]1CC[C@@H](C[C@@H](C)[C@@H]2CC(=O)[C@H](C)/C=C(\C)[C@@H](O)[C@@H](O)C(=O)[C@H](C)C[C@H](C)/C=C/C=C/C=C(\C)C(c3ccco3)C[C@@H]3CC[C@@H](C)[C@@](O)(O3)C(=O)C(=O)N3CCCC[C@H]3C(=O)O2)C[C@H]1OC. The number of hydrogen-bond acceptors (Lipinski definition) is 13. The molecule has 3 aliphatic heterocycles. The van der Waals surface area contributed by atoms with Gasteiger partial charge in [0.25, 0.3) is 11.7 Å². The standard InChI is InChI=1S/C59H85NO13/c1-10-11-12-18-29-71-50-27-25-44(34-52(50)69-9)33-40(5)51-36-48(61)39(4)32-42(7)54(63)55(64)53(62)41(6)31-37(2)20-14-13-15-21-38(3)46(49-23-19-30-70-49)35-45-26-24-43(8)59(68,73-45)56(65)57(66)60-28-17-16-22-47(60)58(67)72-51/h1,13-15,19-21,23,30,32,37,39-41,43-47,50-52,54-55,63-64,68H,11-12,16-18,22,24-29,31,33-36H2,2-9H3/b15-13+,20-14+,38-21+,42-32+/t37-,39-,40-,41-,43-,44+,45+,46?,47+,50-,51+,52-,54-,55+,59-/m1/s1. The number of fused-ring (bicyclic) bond motifs is 3.